The van der Waals surface area contributed by atoms with Crippen LogP contribution in [-0.2, 0) is 11.5 Å². The summed E-state index contributed by atoms with van der Waals surface area (Å²) in [4.78, 5) is 9.00. The van der Waals surface area contributed by atoms with Crippen molar-refractivity contribution < 1.29 is 9.05 Å². The van der Waals surface area contributed by atoms with Gasteiger partial charge in [-0.25, -0.2) is 0 Å². The van der Waals surface area contributed by atoms with Gasteiger partial charge < -0.3 is 9.05 Å². The van der Waals surface area contributed by atoms with Crippen LogP contribution in [0.1, 0.15) is 22.9 Å². The number of aryl methyl sites for hydroxylation is 2. The van der Waals surface area contributed by atoms with Crippen molar-refractivity contribution in [1.82, 2.24) is 30.5 Å². The van der Waals surface area contributed by atoms with Crippen molar-refractivity contribution >= 4 is 34.9 Å². The zero-order valence-electron chi connectivity index (χ0n) is 17.8. The second kappa shape index (κ2) is 9.86. The molecule has 0 aliphatic rings. The van der Waals surface area contributed by atoms with E-state index in [1.54, 1.807) is 0 Å². The summed E-state index contributed by atoms with van der Waals surface area (Å²) < 4.78 is 12.5. The van der Waals surface area contributed by atoms with Crippen LogP contribution in [0, 0.1) is 13.8 Å². The number of thioether (sulfide) groups is 2. The van der Waals surface area contributed by atoms with Crippen LogP contribution in [0.4, 0.5) is 0 Å². The number of rotatable bonds is 8. The molecule has 0 fully saturated rings. The number of hydrogen-bond acceptors (Lipinski definition) is 11. The zero-order valence-corrected chi connectivity index (χ0v) is 20.2. The third-order valence-electron chi connectivity index (χ3n) is 4.73. The molecule has 0 amide bonds. The van der Waals surface area contributed by atoms with Crippen LogP contribution in [0.2, 0.25) is 0 Å². The SMILES string of the molecule is Cc1ccccc1-c1noc(CSc2nnc(SCc3nc(-c4ccccc4C)no3)s2)n1. The Bertz CT molecular complexity index is 1280. The summed E-state index contributed by atoms with van der Waals surface area (Å²) in [5.41, 5.74) is 4.16. The van der Waals surface area contributed by atoms with Crippen LogP contribution in [0.5, 0.6) is 0 Å². The van der Waals surface area contributed by atoms with Crippen molar-refractivity contribution in [3.8, 4) is 22.8 Å². The van der Waals surface area contributed by atoms with Crippen LogP contribution in [0.25, 0.3) is 22.8 Å². The van der Waals surface area contributed by atoms with Crippen LogP contribution in [0.3, 0.4) is 0 Å². The predicted octanol–water partition coefficient (Wildman–Crippen LogP) is 5.84. The van der Waals surface area contributed by atoms with Crippen molar-refractivity contribution in [3.63, 3.8) is 0 Å². The minimum Gasteiger partial charge on any atom is -0.338 e. The molecule has 0 bridgehead atoms. The Balaban J connectivity index is 1.16. The first-order valence-electron chi connectivity index (χ1n) is 10.0. The molecule has 0 atom stereocenters. The lowest BCUT2D eigenvalue weighted by molar-refractivity contribution is 0.391. The van der Waals surface area contributed by atoms with E-state index in [0.29, 0.717) is 34.9 Å². The molecule has 3 heterocycles. The molecule has 0 saturated heterocycles. The maximum absolute atomic E-state index is 5.40. The van der Waals surface area contributed by atoms with Gasteiger partial charge in [0.2, 0.25) is 23.4 Å². The molecule has 0 unspecified atom stereocenters. The van der Waals surface area contributed by atoms with E-state index in [4.69, 9.17) is 9.05 Å². The summed E-state index contributed by atoms with van der Waals surface area (Å²) in [6.45, 7) is 4.05. The minimum atomic E-state index is 0.529. The highest BCUT2D eigenvalue weighted by Gasteiger charge is 2.14. The molecule has 5 rings (SSSR count). The average Bonchev–Trinajstić information content (AvgIpc) is 3.58. The van der Waals surface area contributed by atoms with E-state index < -0.39 is 0 Å². The van der Waals surface area contributed by atoms with Gasteiger partial charge in [0.25, 0.3) is 0 Å². The van der Waals surface area contributed by atoms with Gasteiger partial charge in [0.1, 0.15) is 0 Å². The van der Waals surface area contributed by atoms with Gasteiger partial charge in [-0.2, -0.15) is 9.97 Å². The summed E-state index contributed by atoms with van der Waals surface area (Å²) in [7, 11) is 0. The Hall–Kier alpha value is -3.02. The molecule has 0 aliphatic carbocycles. The van der Waals surface area contributed by atoms with E-state index in [1.165, 1.54) is 34.9 Å². The summed E-state index contributed by atoms with van der Waals surface area (Å²) in [6.07, 6.45) is 0. The summed E-state index contributed by atoms with van der Waals surface area (Å²) >= 11 is 4.54. The molecule has 0 saturated carbocycles. The summed E-state index contributed by atoms with van der Waals surface area (Å²) in [5, 5.41) is 16.7. The third kappa shape index (κ3) is 5.15. The van der Waals surface area contributed by atoms with Gasteiger partial charge in [-0.1, -0.05) is 93.7 Å². The van der Waals surface area contributed by atoms with E-state index in [0.717, 1.165) is 30.9 Å². The summed E-state index contributed by atoms with van der Waals surface area (Å²) in [6, 6.07) is 15.9. The lowest BCUT2D eigenvalue weighted by Crippen LogP contribution is -1.85. The second-order valence-electron chi connectivity index (χ2n) is 7.06. The number of hydrogen-bond donors (Lipinski definition) is 0. The van der Waals surface area contributed by atoms with Crippen LogP contribution in [0.15, 0.2) is 66.3 Å². The van der Waals surface area contributed by atoms with Gasteiger partial charge >= 0.3 is 0 Å². The van der Waals surface area contributed by atoms with Crippen molar-refractivity contribution in [3.05, 3.63) is 71.4 Å². The van der Waals surface area contributed by atoms with E-state index >= 15 is 0 Å². The number of nitrogens with zero attached hydrogens (tertiary/aromatic N) is 6. The lowest BCUT2D eigenvalue weighted by Gasteiger charge is -1.97. The fourth-order valence-electron chi connectivity index (χ4n) is 3.05. The molecular weight excluding hydrogens is 476 g/mol. The van der Waals surface area contributed by atoms with E-state index in [-0.39, 0.29) is 0 Å². The molecule has 5 aromatic rings. The molecule has 166 valence electrons. The molecule has 8 nitrogen and oxygen atoms in total. The molecule has 11 heteroatoms. The number of aromatic nitrogens is 6. The fourth-order valence-corrected chi connectivity index (χ4v) is 5.75. The second-order valence-corrected chi connectivity index (χ2v) is 10.5. The predicted molar refractivity (Wildman–Crippen MR) is 128 cm³/mol. The van der Waals surface area contributed by atoms with Gasteiger partial charge in [0.05, 0.1) is 11.5 Å². The maximum Gasteiger partial charge on any atom is 0.237 e. The van der Waals surface area contributed by atoms with Crippen molar-refractivity contribution in [2.45, 2.75) is 34.0 Å². The first-order valence-corrected chi connectivity index (χ1v) is 12.8. The maximum atomic E-state index is 5.40. The van der Waals surface area contributed by atoms with E-state index in [2.05, 4.69) is 30.5 Å². The van der Waals surface area contributed by atoms with Gasteiger partial charge in [0, 0.05) is 11.1 Å². The topological polar surface area (TPSA) is 104 Å². The standard InChI is InChI=1S/C22H18N6O2S3/c1-13-7-3-5-9-15(13)19-23-17(29-27-19)11-31-21-25-26-22(33-21)32-12-18-24-20(28-30-18)16-10-6-4-8-14(16)2/h3-10H,11-12H2,1-2H3. The first kappa shape index (κ1) is 21.8. The molecular formula is C22H18N6O2S3. The quantitative estimate of drug-likeness (QED) is 0.244. The Morgan fingerprint density at radius 3 is 1.61 bits per heavy atom. The molecule has 0 radical (unpaired) electrons. The molecule has 0 N–H and O–H groups in total. The van der Waals surface area contributed by atoms with Crippen LogP contribution in [-0.4, -0.2) is 30.5 Å². The fraction of sp³-hybridized carbons (Fsp3) is 0.182. The minimum absolute atomic E-state index is 0.529. The molecule has 0 spiro atoms. The van der Waals surface area contributed by atoms with Gasteiger partial charge in [0.15, 0.2) is 8.68 Å². The zero-order chi connectivity index (χ0) is 22.6. The Morgan fingerprint density at radius 1 is 0.697 bits per heavy atom. The van der Waals surface area contributed by atoms with Gasteiger partial charge in [-0.05, 0) is 25.0 Å². The lowest BCUT2D eigenvalue weighted by atomic mass is 10.1. The number of benzene rings is 2. The molecule has 2 aromatic carbocycles. The van der Waals surface area contributed by atoms with Crippen LogP contribution < -0.4 is 0 Å². The molecule has 3 aromatic heterocycles. The molecule has 33 heavy (non-hydrogen) atoms. The van der Waals surface area contributed by atoms with Crippen molar-refractivity contribution in [2.75, 3.05) is 0 Å². The first-order chi connectivity index (χ1) is 16.2. The monoisotopic (exact) mass is 494 g/mol. The van der Waals surface area contributed by atoms with Crippen LogP contribution >= 0.6 is 34.9 Å². The Labute approximate surface area is 202 Å². The summed E-state index contributed by atoms with van der Waals surface area (Å²) in [5.74, 6) is 3.36. The largest absolute Gasteiger partial charge is 0.338 e. The molecule has 0 aliphatic heterocycles. The van der Waals surface area contributed by atoms with Gasteiger partial charge in [-0.15, -0.1) is 10.2 Å². The highest BCUT2D eigenvalue weighted by molar-refractivity contribution is 8.02. The Kier molecular flexibility index (Phi) is 6.51. The van der Waals surface area contributed by atoms with E-state index in [1.807, 2.05) is 62.4 Å². The highest BCUT2D eigenvalue weighted by Crippen LogP contribution is 2.32. The normalized spacial score (nSPS) is 11.2. The third-order valence-corrected chi connectivity index (χ3v) is 7.89. The van der Waals surface area contributed by atoms with E-state index in [9.17, 15) is 0 Å². The highest BCUT2D eigenvalue weighted by atomic mass is 32.2. The average molecular weight is 495 g/mol. The van der Waals surface area contributed by atoms with Crippen molar-refractivity contribution in [2.24, 2.45) is 0 Å². The van der Waals surface area contributed by atoms with Crippen molar-refractivity contribution in [1.29, 1.82) is 0 Å². The Morgan fingerprint density at radius 2 is 1.15 bits per heavy atom. The smallest absolute Gasteiger partial charge is 0.237 e. The van der Waals surface area contributed by atoms with Gasteiger partial charge in [-0.3, -0.25) is 0 Å².